The predicted octanol–water partition coefficient (Wildman–Crippen LogP) is 16.1. The average Bonchev–Trinajstić information content (AvgIpc) is 1.36. The molecular weight excluding hydrogens is 1110 g/mol. The van der Waals surface area contributed by atoms with Crippen molar-refractivity contribution in [2.24, 2.45) is 23.7 Å². The third-order valence-electron chi connectivity index (χ3n) is 23.0. The van der Waals surface area contributed by atoms with Gasteiger partial charge in [-0.1, -0.05) is 131 Å². The minimum atomic E-state index is -2.56. The van der Waals surface area contributed by atoms with Crippen molar-refractivity contribution in [2.45, 2.75) is 351 Å². The summed E-state index contributed by atoms with van der Waals surface area (Å²) in [5.41, 5.74) is 4.55. The van der Waals surface area contributed by atoms with Gasteiger partial charge in [0.2, 0.25) is 0 Å². The summed E-state index contributed by atoms with van der Waals surface area (Å²) in [5, 5.41) is 24.9. The Kier molecular flexibility index (Phi) is 22.2. The molecule has 9 aliphatic heterocycles. The molecule has 9 aliphatic rings. The summed E-state index contributed by atoms with van der Waals surface area (Å²) in [6.07, 6.45) is 11.2. The lowest BCUT2D eigenvalue weighted by atomic mass is 9.70. The van der Waals surface area contributed by atoms with Crippen molar-refractivity contribution in [1.82, 2.24) is 0 Å². The minimum absolute atomic E-state index is 0.00846. The van der Waals surface area contributed by atoms with Gasteiger partial charge in [0.05, 0.1) is 78.8 Å². The number of hydrogen-bond donors (Lipinski definition) is 2. The molecule has 1 aromatic rings. The first-order chi connectivity index (χ1) is 39.3. The van der Waals surface area contributed by atoms with E-state index in [0.29, 0.717) is 32.1 Å². The van der Waals surface area contributed by atoms with Gasteiger partial charge in [0.1, 0.15) is 24.4 Å². The quantitative estimate of drug-likeness (QED) is 0.172. The normalized spacial score (nSPS) is 39.2. The van der Waals surface area contributed by atoms with Gasteiger partial charge in [-0.25, -0.2) is 0 Å². The van der Waals surface area contributed by atoms with Gasteiger partial charge < -0.3 is 51.9 Å². The van der Waals surface area contributed by atoms with Crippen LogP contribution in [-0.2, 0) is 48.1 Å². The van der Waals surface area contributed by atoms with Crippen molar-refractivity contribution in [3.05, 3.63) is 71.8 Å². The summed E-state index contributed by atoms with van der Waals surface area (Å²) in [4.78, 5) is 0. The number of hydrogen-bond acceptors (Lipinski definition) is 11. The Hall–Kier alpha value is -1.35. The first-order valence-corrected chi connectivity index (χ1v) is 42.5. The van der Waals surface area contributed by atoms with Crippen LogP contribution in [0.3, 0.4) is 0 Å². The number of rotatable bonds is 10. The highest BCUT2D eigenvalue weighted by molar-refractivity contribution is 6.75. The van der Waals surface area contributed by atoms with Crippen LogP contribution in [0, 0.1) is 30.6 Å². The van der Waals surface area contributed by atoms with Crippen molar-refractivity contribution in [1.29, 1.82) is 0 Å². The first-order valence-electron chi connectivity index (χ1n) is 33.7. The van der Waals surface area contributed by atoms with Crippen LogP contribution in [0.15, 0.2) is 60.7 Å². The van der Waals surface area contributed by atoms with Gasteiger partial charge in [-0.3, -0.25) is 0 Å². The zero-order valence-electron chi connectivity index (χ0n) is 57.1. The third-order valence-corrected chi connectivity index (χ3v) is 36.4. The van der Waals surface area contributed by atoms with E-state index in [1.54, 1.807) is 0 Å². The van der Waals surface area contributed by atoms with Crippen LogP contribution in [0.2, 0.25) is 54.4 Å². The van der Waals surface area contributed by atoms with E-state index in [9.17, 15) is 10.2 Å². The van der Waals surface area contributed by atoms with Gasteiger partial charge in [0.15, 0.2) is 25.0 Å². The molecule has 11 nitrogen and oxygen atoms in total. The SMILES string of the molecule is C=C1C2C[C@@H]3O[C@H](C[C@H]4CCC(C)(C)O4)[C@H](C)[C@H]3C(Cc3ccc(C)cc3)C(O)C[C@H]3CC[C@@H]4O[C@H]([C@@H](O[Si](C)(C)C(C)(C)C)[C@@H](O[Si](C)(C)C(C)(C)C)[C@H]4O3)[C@@H](O[Si](C)(C)C(C)(C)C)/C=C/CC(O)CC[C@H]3CC(=C)[C@H](CC[C@@H](C[C@H]1C)O2)O3. The van der Waals surface area contributed by atoms with Crippen LogP contribution < -0.4 is 0 Å². The second kappa shape index (κ2) is 27.1. The molecule has 0 saturated carbocycles. The molecule has 10 rings (SSSR count). The Labute approximate surface area is 520 Å². The molecule has 6 saturated heterocycles. The molecule has 14 heteroatoms. The summed E-state index contributed by atoms with van der Waals surface area (Å²) in [6, 6.07) is 8.93. The Morgan fingerprint density at radius 3 is 1.82 bits per heavy atom. The molecule has 0 amide bonds. The zero-order valence-corrected chi connectivity index (χ0v) is 60.1. The average molecular weight is 1240 g/mol. The maximum atomic E-state index is 13.5. The fraction of sp³-hybridized carbons (Fsp3) is 0.831. The number of benzene rings is 1. The minimum Gasteiger partial charge on any atom is -0.408 e. The largest absolute Gasteiger partial charge is 0.408 e. The van der Waals surface area contributed by atoms with Gasteiger partial charge in [-0.2, -0.15) is 0 Å². The lowest BCUT2D eigenvalue weighted by Crippen LogP contribution is -2.69. The third kappa shape index (κ3) is 16.8. The number of aliphatic hydroxyl groups is 2. The molecule has 484 valence electrons. The zero-order chi connectivity index (χ0) is 62.6. The van der Waals surface area contributed by atoms with E-state index in [-0.39, 0.29) is 99.3 Å². The van der Waals surface area contributed by atoms with E-state index in [0.717, 1.165) is 75.4 Å². The lowest BCUT2D eigenvalue weighted by Gasteiger charge is -2.56. The molecule has 6 fully saturated rings. The van der Waals surface area contributed by atoms with Gasteiger partial charge in [0, 0.05) is 12.8 Å². The van der Waals surface area contributed by atoms with Crippen molar-refractivity contribution in [2.75, 3.05) is 0 Å². The molecule has 8 bridgehead atoms. The van der Waals surface area contributed by atoms with Gasteiger partial charge in [0.25, 0.3) is 0 Å². The number of aliphatic hydroxyl groups excluding tert-OH is 2. The van der Waals surface area contributed by atoms with Crippen LogP contribution in [0.1, 0.15) is 191 Å². The molecule has 0 aromatic heterocycles. The number of fused-ring (bicyclic) bond motifs is 2. The molecular formula is C71H122O11Si3. The van der Waals surface area contributed by atoms with Crippen LogP contribution in [0.4, 0.5) is 0 Å². The monoisotopic (exact) mass is 1230 g/mol. The highest BCUT2D eigenvalue weighted by atomic mass is 28.4. The topological polar surface area (TPSA) is 124 Å². The molecule has 0 aliphatic carbocycles. The van der Waals surface area contributed by atoms with Crippen LogP contribution in [-0.4, -0.2) is 138 Å². The van der Waals surface area contributed by atoms with Gasteiger partial charge in [-0.05, 0) is 199 Å². The summed E-state index contributed by atoms with van der Waals surface area (Å²) >= 11 is 0. The molecule has 1 aromatic carbocycles. The molecule has 85 heavy (non-hydrogen) atoms. The van der Waals surface area contributed by atoms with E-state index in [2.05, 4.69) is 179 Å². The summed E-state index contributed by atoms with van der Waals surface area (Å²) < 4.78 is 66.8. The Balaban J connectivity index is 1.23. The number of ether oxygens (including phenoxy) is 6. The Morgan fingerprint density at radius 2 is 1.21 bits per heavy atom. The van der Waals surface area contributed by atoms with E-state index < -0.39 is 67.7 Å². The first kappa shape index (κ1) is 69.5. The van der Waals surface area contributed by atoms with E-state index in [1.807, 2.05) is 0 Å². The summed E-state index contributed by atoms with van der Waals surface area (Å²) in [7, 11) is -7.55. The summed E-state index contributed by atoms with van der Waals surface area (Å²) in [6.45, 7) is 55.3. The van der Waals surface area contributed by atoms with Gasteiger partial charge >= 0.3 is 0 Å². The molecule has 0 radical (unpaired) electrons. The maximum absolute atomic E-state index is 13.5. The van der Waals surface area contributed by atoms with Crippen molar-refractivity contribution in [3.8, 4) is 0 Å². The van der Waals surface area contributed by atoms with Crippen LogP contribution in [0.25, 0.3) is 0 Å². The standard InChI is InChI=1S/C71H122O11Si3/c1-44-26-28-49(29-27-44)40-55-56(73)41-53-33-35-58-64(76-53)66(81-84(19,20)69(9,10)11)67(82-85(21,22)70(12,13)14)65(78-58)59(80-83(17,18)68(6,7)8)25-23-24-50(72)30-31-51-39-46(3)57(74-51)34-32-52-38-45(2)47(4)61(75-52)43-62-63(55)48(5)60(77-62)42-54-36-37-71(15,16)79-54/h23,25-29,45,48,50-67,72-73H,3-4,24,30-43H2,1-2,5-22H3/b25-23+/t45-,48+,50?,51+,52+,53-,54-,55?,56?,57+,58+,59+,60-,61?,62+,63+,64+,65+,66+,67-/m1/s1. The lowest BCUT2D eigenvalue weighted by molar-refractivity contribution is -0.269. The second-order valence-corrected chi connectivity index (χ2v) is 47.6. The predicted molar refractivity (Wildman–Crippen MR) is 353 cm³/mol. The van der Waals surface area contributed by atoms with E-state index in [4.69, 9.17) is 48.3 Å². The maximum Gasteiger partial charge on any atom is 0.193 e. The molecule has 4 unspecified atom stereocenters. The Bertz CT molecular complexity index is 2400. The second-order valence-electron chi connectivity index (χ2n) is 33.3. The number of aryl methyl sites for hydroxylation is 1. The molecule has 0 spiro atoms. The van der Waals surface area contributed by atoms with Gasteiger partial charge in [-0.15, -0.1) is 0 Å². The van der Waals surface area contributed by atoms with Crippen molar-refractivity contribution in [3.63, 3.8) is 0 Å². The molecule has 9 heterocycles. The fourth-order valence-corrected chi connectivity index (χ4v) is 18.2. The smallest absolute Gasteiger partial charge is 0.193 e. The van der Waals surface area contributed by atoms with Crippen molar-refractivity contribution >= 4 is 25.0 Å². The highest BCUT2D eigenvalue weighted by Crippen LogP contribution is 2.51. The summed E-state index contributed by atoms with van der Waals surface area (Å²) in [5.74, 6) is 0.271. The molecule has 2 N–H and O–H groups in total. The fourth-order valence-electron chi connectivity index (χ4n) is 14.4. The van der Waals surface area contributed by atoms with E-state index >= 15 is 0 Å². The van der Waals surface area contributed by atoms with Crippen LogP contribution in [0.5, 0.6) is 0 Å². The highest BCUT2D eigenvalue weighted by Gasteiger charge is 2.59. The Morgan fingerprint density at radius 1 is 0.635 bits per heavy atom. The molecule has 20 atom stereocenters. The van der Waals surface area contributed by atoms with Crippen molar-refractivity contribution < 1.29 is 51.9 Å². The van der Waals surface area contributed by atoms with Crippen LogP contribution >= 0.6 is 0 Å². The van der Waals surface area contributed by atoms with E-state index in [1.165, 1.54) is 11.1 Å².